The highest BCUT2D eigenvalue weighted by Crippen LogP contribution is 2.28. The molecule has 0 aliphatic rings. The van der Waals surface area contributed by atoms with E-state index >= 15 is 0 Å². The molecule has 3 N–H and O–H groups in total. The molecule has 7 nitrogen and oxygen atoms in total. The first-order valence-corrected chi connectivity index (χ1v) is 7.48. The number of hydrogen-bond donors (Lipinski definition) is 2. The second kappa shape index (κ2) is 5.58. The molecule has 0 bridgehead atoms. The van der Waals surface area contributed by atoms with E-state index in [0.717, 1.165) is 6.07 Å². The van der Waals surface area contributed by atoms with Crippen molar-refractivity contribution >= 4 is 38.7 Å². The van der Waals surface area contributed by atoms with Crippen molar-refractivity contribution in [3.05, 3.63) is 57.6 Å². The number of sulfonamides is 1. The van der Waals surface area contributed by atoms with E-state index < -0.39 is 14.9 Å². The second-order valence-corrected chi connectivity index (χ2v) is 6.19. The molecule has 0 radical (unpaired) electrons. The lowest BCUT2D eigenvalue weighted by Crippen LogP contribution is -2.13. The summed E-state index contributed by atoms with van der Waals surface area (Å²) in [6.45, 7) is 0. The molecule has 9 heteroatoms. The Bertz CT molecular complexity index is 791. The highest BCUT2D eigenvalue weighted by molar-refractivity contribution is 7.92. The summed E-state index contributed by atoms with van der Waals surface area (Å²) >= 11 is 5.66. The standard InChI is InChI=1S/C12H10ClN3O4S/c13-11-6-3-9(7-12(11)16(17)18)15-21(19,20)10-4-1-8(14)2-5-10/h1-7,15H,14H2. The van der Waals surface area contributed by atoms with Crippen LogP contribution < -0.4 is 10.5 Å². The van der Waals surface area contributed by atoms with Gasteiger partial charge < -0.3 is 5.73 Å². The molecule has 0 spiro atoms. The Hall–Kier alpha value is -2.32. The first-order valence-electron chi connectivity index (χ1n) is 5.62. The number of benzene rings is 2. The van der Waals surface area contributed by atoms with Crippen LogP contribution in [-0.2, 0) is 10.0 Å². The van der Waals surface area contributed by atoms with Crippen LogP contribution >= 0.6 is 11.6 Å². The number of nitrogen functional groups attached to an aromatic ring is 1. The molecule has 0 aliphatic carbocycles. The number of nitrogens with two attached hydrogens (primary N) is 1. The van der Waals surface area contributed by atoms with Crippen LogP contribution in [0.3, 0.4) is 0 Å². The summed E-state index contributed by atoms with van der Waals surface area (Å²) in [7, 11) is -3.86. The Morgan fingerprint density at radius 2 is 1.76 bits per heavy atom. The van der Waals surface area contributed by atoms with Crippen molar-refractivity contribution in [2.24, 2.45) is 0 Å². The average Bonchev–Trinajstić information content (AvgIpc) is 2.41. The van der Waals surface area contributed by atoms with E-state index in [0.29, 0.717) is 5.69 Å². The van der Waals surface area contributed by atoms with Gasteiger partial charge in [0, 0.05) is 11.8 Å². The van der Waals surface area contributed by atoms with Crippen LogP contribution in [0, 0.1) is 10.1 Å². The van der Waals surface area contributed by atoms with Crippen molar-refractivity contribution in [2.45, 2.75) is 4.90 Å². The minimum Gasteiger partial charge on any atom is -0.399 e. The predicted octanol–water partition coefficient (Wildman–Crippen LogP) is 2.63. The predicted molar refractivity (Wildman–Crippen MR) is 79.8 cm³/mol. The maximum Gasteiger partial charge on any atom is 0.289 e. The minimum absolute atomic E-state index is 0.00527. The first-order chi connectivity index (χ1) is 9.79. The number of nitrogens with one attached hydrogen (secondary N) is 1. The molecular formula is C12H10ClN3O4S. The molecule has 0 heterocycles. The molecule has 2 aromatic carbocycles. The number of halogens is 1. The van der Waals surface area contributed by atoms with Crippen LogP contribution in [0.15, 0.2) is 47.4 Å². The third-order valence-corrected chi connectivity index (χ3v) is 4.30. The minimum atomic E-state index is -3.86. The number of nitro groups is 1. The summed E-state index contributed by atoms with van der Waals surface area (Å²) in [4.78, 5) is 10.1. The quantitative estimate of drug-likeness (QED) is 0.508. The Morgan fingerprint density at radius 3 is 2.33 bits per heavy atom. The monoisotopic (exact) mass is 327 g/mol. The zero-order chi connectivity index (χ0) is 15.6. The van der Waals surface area contributed by atoms with Gasteiger partial charge in [-0.3, -0.25) is 14.8 Å². The zero-order valence-corrected chi connectivity index (χ0v) is 12.1. The van der Waals surface area contributed by atoms with Gasteiger partial charge >= 0.3 is 0 Å². The molecule has 0 saturated heterocycles. The van der Waals surface area contributed by atoms with E-state index in [1.807, 2.05) is 0 Å². The van der Waals surface area contributed by atoms with E-state index in [1.165, 1.54) is 36.4 Å². The summed E-state index contributed by atoms with van der Waals surface area (Å²) in [6.07, 6.45) is 0. The second-order valence-electron chi connectivity index (χ2n) is 4.10. The van der Waals surface area contributed by atoms with Gasteiger partial charge in [-0.05, 0) is 36.4 Å². The number of nitrogens with zero attached hydrogens (tertiary/aromatic N) is 1. The highest BCUT2D eigenvalue weighted by Gasteiger charge is 2.17. The van der Waals surface area contributed by atoms with Gasteiger partial charge in [-0.2, -0.15) is 0 Å². The molecule has 110 valence electrons. The lowest BCUT2D eigenvalue weighted by atomic mass is 10.3. The maximum atomic E-state index is 12.1. The largest absolute Gasteiger partial charge is 0.399 e. The number of anilines is 2. The first kappa shape index (κ1) is 15.1. The average molecular weight is 328 g/mol. The topological polar surface area (TPSA) is 115 Å². The van der Waals surface area contributed by atoms with Gasteiger partial charge in [-0.15, -0.1) is 0 Å². The van der Waals surface area contributed by atoms with Crippen LogP contribution in [0.2, 0.25) is 5.02 Å². The molecular weight excluding hydrogens is 318 g/mol. The van der Waals surface area contributed by atoms with Crippen LogP contribution in [0.1, 0.15) is 0 Å². The summed E-state index contributed by atoms with van der Waals surface area (Å²) in [5.74, 6) is 0. The van der Waals surface area contributed by atoms with Gasteiger partial charge in [0.15, 0.2) is 0 Å². The number of hydrogen-bond acceptors (Lipinski definition) is 5. The molecule has 0 atom stereocenters. The lowest BCUT2D eigenvalue weighted by Gasteiger charge is -2.08. The molecule has 0 fully saturated rings. The van der Waals surface area contributed by atoms with Gasteiger partial charge in [-0.25, -0.2) is 8.42 Å². The Balaban J connectivity index is 2.35. The summed E-state index contributed by atoms with van der Waals surface area (Å²) in [5.41, 5.74) is 5.58. The fourth-order valence-corrected chi connectivity index (χ4v) is 2.81. The summed E-state index contributed by atoms with van der Waals surface area (Å²) in [6, 6.07) is 9.20. The summed E-state index contributed by atoms with van der Waals surface area (Å²) in [5, 5.41) is 10.7. The van der Waals surface area contributed by atoms with Crippen molar-refractivity contribution in [2.75, 3.05) is 10.5 Å². The van der Waals surface area contributed by atoms with Gasteiger partial charge in [-0.1, -0.05) is 11.6 Å². The van der Waals surface area contributed by atoms with Crippen LogP contribution in [-0.4, -0.2) is 13.3 Å². The van der Waals surface area contributed by atoms with Crippen LogP contribution in [0.4, 0.5) is 17.1 Å². The fourth-order valence-electron chi connectivity index (χ4n) is 1.58. The molecule has 0 saturated carbocycles. The summed E-state index contributed by atoms with van der Waals surface area (Å²) < 4.78 is 26.5. The van der Waals surface area contributed by atoms with E-state index in [2.05, 4.69) is 4.72 Å². The van der Waals surface area contributed by atoms with E-state index in [4.69, 9.17) is 17.3 Å². The molecule has 0 amide bonds. The van der Waals surface area contributed by atoms with Gasteiger partial charge in [0.25, 0.3) is 15.7 Å². The molecule has 21 heavy (non-hydrogen) atoms. The Morgan fingerprint density at radius 1 is 1.14 bits per heavy atom. The maximum absolute atomic E-state index is 12.1. The molecule has 0 unspecified atom stereocenters. The van der Waals surface area contributed by atoms with E-state index in [9.17, 15) is 18.5 Å². The number of rotatable bonds is 4. The van der Waals surface area contributed by atoms with Crippen molar-refractivity contribution < 1.29 is 13.3 Å². The van der Waals surface area contributed by atoms with Crippen molar-refractivity contribution in [3.8, 4) is 0 Å². The van der Waals surface area contributed by atoms with Crippen molar-refractivity contribution in [1.29, 1.82) is 0 Å². The highest BCUT2D eigenvalue weighted by atomic mass is 35.5. The smallest absolute Gasteiger partial charge is 0.289 e. The SMILES string of the molecule is Nc1ccc(S(=O)(=O)Nc2ccc(Cl)c([N+](=O)[O-])c2)cc1. The lowest BCUT2D eigenvalue weighted by molar-refractivity contribution is -0.384. The third-order valence-electron chi connectivity index (χ3n) is 2.59. The van der Waals surface area contributed by atoms with Crippen molar-refractivity contribution in [3.63, 3.8) is 0 Å². The van der Waals surface area contributed by atoms with Gasteiger partial charge in [0.05, 0.1) is 15.5 Å². The molecule has 2 rings (SSSR count). The van der Waals surface area contributed by atoms with Crippen molar-refractivity contribution in [1.82, 2.24) is 0 Å². The zero-order valence-electron chi connectivity index (χ0n) is 10.5. The van der Waals surface area contributed by atoms with Gasteiger partial charge in [0.2, 0.25) is 0 Å². The Kier molecular flexibility index (Phi) is 4.01. The normalized spacial score (nSPS) is 11.1. The van der Waals surface area contributed by atoms with E-state index in [-0.39, 0.29) is 21.3 Å². The molecule has 0 aliphatic heterocycles. The van der Waals surface area contributed by atoms with Gasteiger partial charge in [0.1, 0.15) is 5.02 Å². The van der Waals surface area contributed by atoms with E-state index in [1.54, 1.807) is 0 Å². The number of nitro benzene ring substituents is 1. The fraction of sp³-hybridized carbons (Fsp3) is 0. The van der Waals surface area contributed by atoms with Crippen LogP contribution in [0.25, 0.3) is 0 Å². The molecule has 2 aromatic rings. The Labute approximate surface area is 125 Å². The third kappa shape index (κ3) is 3.41. The van der Waals surface area contributed by atoms with Crippen LogP contribution in [0.5, 0.6) is 0 Å². The molecule has 0 aromatic heterocycles.